The molecule has 0 aliphatic carbocycles. The maximum absolute atomic E-state index is 13.2. The van der Waals surface area contributed by atoms with Crippen LogP contribution in [0.15, 0.2) is 72.8 Å². The molecule has 1 aliphatic heterocycles. The first-order valence-corrected chi connectivity index (χ1v) is 9.45. The van der Waals surface area contributed by atoms with Gasteiger partial charge in [0.15, 0.2) is 0 Å². The molecule has 0 saturated carbocycles. The molecule has 138 valence electrons. The molecule has 0 spiro atoms. The minimum atomic E-state index is -0.266. The highest BCUT2D eigenvalue weighted by Crippen LogP contribution is 2.38. The molecule has 4 nitrogen and oxygen atoms in total. The number of halogens is 1. The molecule has 2 amide bonds. The number of urea groups is 1. The van der Waals surface area contributed by atoms with Crippen LogP contribution in [0.5, 0.6) is 0 Å². The van der Waals surface area contributed by atoms with Gasteiger partial charge in [0.2, 0.25) is 0 Å². The highest BCUT2D eigenvalue weighted by Gasteiger charge is 2.33. The summed E-state index contributed by atoms with van der Waals surface area (Å²) in [4.78, 5) is 15.0. The van der Waals surface area contributed by atoms with Crippen LogP contribution < -0.4 is 5.32 Å². The van der Waals surface area contributed by atoms with Gasteiger partial charge in [0, 0.05) is 17.3 Å². The van der Waals surface area contributed by atoms with Crippen LogP contribution >= 0.6 is 11.6 Å². The van der Waals surface area contributed by atoms with Crippen molar-refractivity contribution in [3.8, 4) is 6.07 Å². The van der Waals surface area contributed by atoms with E-state index in [1.54, 1.807) is 24.3 Å². The molecule has 1 aliphatic rings. The van der Waals surface area contributed by atoms with Crippen molar-refractivity contribution in [1.82, 2.24) is 4.90 Å². The van der Waals surface area contributed by atoms with E-state index in [4.69, 9.17) is 16.9 Å². The first-order chi connectivity index (χ1) is 13.7. The van der Waals surface area contributed by atoms with E-state index in [1.807, 2.05) is 41.3 Å². The number of anilines is 1. The number of carbonyl (C=O) groups excluding carboxylic acids is 1. The number of rotatable bonds is 2. The summed E-state index contributed by atoms with van der Waals surface area (Å²) in [6.45, 7) is 0.580. The second-order valence-electron chi connectivity index (χ2n) is 6.69. The second-order valence-corrected chi connectivity index (χ2v) is 7.10. The summed E-state index contributed by atoms with van der Waals surface area (Å²) in [5, 5.41) is 12.6. The number of nitrogens with one attached hydrogen (secondary N) is 1. The number of amides is 2. The van der Waals surface area contributed by atoms with E-state index in [9.17, 15) is 4.79 Å². The van der Waals surface area contributed by atoms with Crippen molar-refractivity contribution in [2.45, 2.75) is 12.5 Å². The van der Waals surface area contributed by atoms with Gasteiger partial charge >= 0.3 is 6.03 Å². The molecule has 1 heterocycles. The maximum Gasteiger partial charge on any atom is 0.322 e. The van der Waals surface area contributed by atoms with E-state index in [2.05, 4.69) is 23.5 Å². The van der Waals surface area contributed by atoms with Gasteiger partial charge in [-0.3, -0.25) is 0 Å². The maximum atomic E-state index is 13.2. The van der Waals surface area contributed by atoms with E-state index in [0.29, 0.717) is 22.8 Å². The molecule has 1 atom stereocenters. The first-order valence-electron chi connectivity index (χ1n) is 9.07. The fourth-order valence-electron chi connectivity index (χ4n) is 3.68. The van der Waals surface area contributed by atoms with Gasteiger partial charge in [-0.15, -0.1) is 0 Å². The van der Waals surface area contributed by atoms with Crippen molar-refractivity contribution in [3.05, 3.63) is 100 Å². The summed E-state index contributed by atoms with van der Waals surface area (Å²) < 4.78 is 0. The minimum absolute atomic E-state index is 0.213. The van der Waals surface area contributed by atoms with Crippen molar-refractivity contribution < 1.29 is 4.79 Å². The van der Waals surface area contributed by atoms with Crippen LogP contribution in [0.2, 0.25) is 5.02 Å². The first kappa shape index (κ1) is 18.1. The molecule has 28 heavy (non-hydrogen) atoms. The average Bonchev–Trinajstić information content (AvgIpc) is 2.73. The van der Waals surface area contributed by atoms with Crippen LogP contribution in [0.4, 0.5) is 10.5 Å². The van der Waals surface area contributed by atoms with Gasteiger partial charge in [-0.1, -0.05) is 60.1 Å². The largest absolute Gasteiger partial charge is 0.322 e. The molecule has 0 saturated heterocycles. The topological polar surface area (TPSA) is 56.1 Å². The highest BCUT2D eigenvalue weighted by molar-refractivity contribution is 6.31. The standard InChI is InChI=1S/C23H18ClN3O/c24-21-11-4-3-10-20(21)22-19-9-2-1-7-17(19)12-13-27(22)23(28)26-18-8-5-6-16(14-18)15-25/h1-11,14,22H,12-13H2,(H,26,28)/t22-/m0/s1. The molecular formula is C23H18ClN3O. The van der Waals surface area contributed by atoms with Crippen molar-refractivity contribution in [2.24, 2.45) is 0 Å². The van der Waals surface area contributed by atoms with Gasteiger partial charge in [-0.25, -0.2) is 4.79 Å². The normalized spacial score (nSPS) is 15.4. The molecule has 0 aromatic heterocycles. The molecule has 0 fully saturated rings. The third kappa shape index (κ3) is 3.45. The van der Waals surface area contributed by atoms with Crippen LogP contribution in [0, 0.1) is 11.3 Å². The Morgan fingerprint density at radius 1 is 1.04 bits per heavy atom. The van der Waals surface area contributed by atoms with E-state index in [-0.39, 0.29) is 12.1 Å². The lowest BCUT2D eigenvalue weighted by Gasteiger charge is -2.38. The minimum Gasteiger partial charge on any atom is -0.313 e. The quantitative estimate of drug-likeness (QED) is 0.640. The fourth-order valence-corrected chi connectivity index (χ4v) is 3.92. The fraction of sp³-hybridized carbons (Fsp3) is 0.130. The average molecular weight is 388 g/mol. The zero-order valence-electron chi connectivity index (χ0n) is 15.1. The van der Waals surface area contributed by atoms with Crippen LogP contribution in [0.1, 0.15) is 28.3 Å². The smallest absolute Gasteiger partial charge is 0.313 e. The van der Waals surface area contributed by atoms with Crippen molar-refractivity contribution in [3.63, 3.8) is 0 Å². The lowest BCUT2D eigenvalue weighted by molar-refractivity contribution is 0.194. The van der Waals surface area contributed by atoms with Gasteiger partial charge in [0.05, 0.1) is 17.7 Å². The molecule has 0 bridgehead atoms. The molecule has 3 aromatic carbocycles. The Kier molecular flexibility index (Phi) is 5.01. The Morgan fingerprint density at radius 3 is 2.57 bits per heavy atom. The van der Waals surface area contributed by atoms with Gasteiger partial charge in [0.25, 0.3) is 0 Å². The summed E-state index contributed by atoms with van der Waals surface area (Å²) in [6, 6.07) is 24.3. The van der Waals surface area contributed by atoms with E-state index in [1.165, 1.54) is 5.56 Å². The number of benzene rings is 3. The Bertz CT molecular complexity index is 1070. The number of hydrogen-bond acceptors (Lipinski definition) is 2. The van der Waals surface area contributed by atoms with Gasteiger partial charge < -0.3 is 10.2 Å². The van der Waals surface area contributed by atoms with Gasteiger partial charge in [0.1, 0.15) is 0 Å². The zero-order chi connectivity index (χ0) is 19.5. The second kappa shape index (κ2) is 7.75. The Hall–Kier alpha value is -3.29. The summed E-state index contributed by atoms with van der Waals surface area (Å²) in [6.07, 6.45) is 0.781. The van der Waals surface area contributed by atoms with E-state index >= 15 is 0 Å². The number of nitrogens with zero attached hydrogens (tertiary/aromatic N) is 2. The lowest BCUT2D eigenvalue weighted by Crippen LogP contribution is -2.43. The molecule has 4 rings (SSSR count). The van der Waals surface area contributed by atoms with Crippen LogP contribution in [0.3, 0.4) is 0 Å². The van der Waals surface area contributed by atoms with E-state index in [0.717, 1.165) is 17.5 Å². The Morgan fingerprint density at radius 2 is 1.79 bits per heavy atom. The molecule has 5 heteroatoms. The lowest BCUT2D eigenvalue weighted by atomic mass is 9.88. The summed E-state index contributed by atoms with van der Waals surface area (Å²) in [5.41, 5.74) is 4.31. The van der Waals surface area contributed by atoms with Crippen molar-refractivity contribution in [1.29, 1.82) is 5.26 Å². The highest BCUT2D eigenvalue weighted by atomic mass is 35.5. The SMILES string of the molecule is N#Cc1cccc(NC(=O)N2CCc3ccccc3[C@H]2c2ccccc2Cl)c1. The Balaban J connectivity index is 1.71. The molecular weight excluding hydrogens is 370 g/mol. The predicted octanol–water partition coefficient (Wildman–Crippen LogP) is 5.39. The van der Waals surface area contributed by atoms with Crippen molar-refractivity contribution in [2.75, 3.05) is 11.9 Å². The van der Waals surface area contributed by atoms with Crippen LogP contribution in [0.25, 0.3) is 0 Å². The van der Waals surface area contributed by atoms with Crippen molar-refractivity contribution >= 4 is 23.3 Å². The van der Waals surface area contributed by atoms with Gasteiger partial charge in [-0.2, -0.15) is 5.26 Å². The summed E-state index contributed by atoms with van der Waals surface area (Å²) >= 11 is 6.50. The predicted molar refractivity (Wildman–Crippen MR) is 110 cm³/mol. The van der Waals surface area contributed by atoms with E-state index < -0.39 is 0 Å². The van der Waals surface area contributed by atoms with Crippen LogP contribution in [-0.2, 0) is 6.42 Å². The number of hydrogen-bond donors (Lipinski definition) is 1. The molecule has 3 aromatic rings. The molecule has 0 unspecified atom stereocenters. The monoisotopic (exact) mass is 387 g/mol. The number of fused-ring (bicyclic) bond motifs is 1. The Labute approximate surface area is 169 Å². The third-order valence-corrected chi connectivity index (χ3v) is 5.33. The zero-order valence-corrected chi connectivity index (χ0v) is 15.9. The molecule has 1 N–H and O–H groups in total. The number of carbonyl (C=O) groups is 1. The summed E-state index contributed by atoms with van der Waals surface area (Å²) in [7, 11) is 0. The van der Waals surface area contributed by atoms with Gasteiger partial charge in [-0.05, 0) is 47.4 Å². The van der Waals surface area contributed by atoms with Crippen LogP contribution in [-0.4, -0.2) is 17.5 Å². The molecule has 0 radical (unpaired) electrons. The third-order valence-electron chi connectivity index (χ3n) is 4.99. The summed E-state index contributed by atoms with van der Waals surface area (Å²) in [5.74, 6) is 0. The number of nitriles is 1.